The van der Waals surface area contributed by atoms with E-state index in [4.69, 9.17) is 16.3 Å². The summed E-state index contributed by atoms with van der Waals surface area (Å²) in [4.78, 5) is 16.1. The van der Waals surface area contributed by atoms with E-state index in [0.717, 1.165) is 21.7 Å². The van der Waals surface area contributed by atoms with Crippen molar-refractivity contribution >= 4 is 34.5 Å². The van der Waals surface area contributed by atoms with Crippen molar-refractivity contribution in [2.45, 2.75) is 33.4 Å². The molecule has 3 aromatic rings. The van der Waals surface area contributed by atoms with Crippen LogP contribution >= 0.6 is 22.9 Å². The van der Waals surface area contributed by atoms with Gasteiger partial charge in [0.2, 0.25) is 0 Å². The first kappa shape index (κ1) is 19.5. The van der Waals surface area contributed by atoms with Crippen LogP contribution in [-0.4, -0.2) is 12.0 Å². The number of aryl methyl sites for hydroxylation is 2. The van der Waals surface area contributed by atoms with Crippen molar-refractivity contribution in [2.24, 2.45) is 0 Å². The minimum atomic E-state index is -0.619. The molecule has 140 valence electrons. The van der Waals surface area contributed by atoms with Crippen LogP contribution in [0.1, 0.15) is 22.9 Å². The Kier molecular flexibility index (Phi) is 6.19. The highest BCUT2D eigenvalue weighted by Crippen LogP contribution is 2.25. The molecule has 1 heterocycles. The van der Waals surface area contributed by atoms with Gasteiger partial charge in [-0.25, -0.2) is 0 Å². The van der Waals surface area contributed by atoms with Gasteiger partial charge in [-0.15, -0.1) is 11.3 Å². The quantitative estimate of drug-likeness (QED) is 0.507. The average molecular weight is 400 g/mol. The number of benzene rings is 2. The third-order valence-electron chi connectivity index (χ3n) is 4.30. The summed E-state index contributed by atoms with van der Waals surface area (Å²) in [5.41, 5.74) is 2.94. The van der Waals surface area contributed by atoms with Gasteiger partial charge in [0, 0.05) is 15.6 Å². The van der Waals surface area contributed by atoms with Gasteiger partial charge in [0.25, 0.3) is 5.91 Å². The van der Waals surface area contributed by atoms with Crippen molar-refractivity contribution in [3.8, 4) is 5.75 Å². The number of anilines is 1. The van der Waals surface area contributed by atoms with E-state index in [1.807, 2.05) is 61.7 Å². The highest BCUT2D eigenvalue weighted by molar-refractivity contribution is 7.09. The molecule has 0 saturated carbocycles. The Labute approximate surface area is 169 Å². The average Bonchev–Trinajstić information content (AvgIpc) is 3.16. The fourth-order valence-electron chi connectivity index (χ4n) is 2.74. The predicted molar refractivity (Wildman–Crippen MR) is 113 cm³/mol. The Balaban J connectivity index is 1.82. The second-order valence-electron chi connectivity index (χ2n) is 6.51. The molecule has 27 heavy (non-hydrogen) atoms. The van der Waals surface area contributed by atoms with Crippen molar-refractivity contribution in [3.63, 3.8) is 0 Å². The van der Waals surface area contributed by atoms with Gasteiger partial charge >= 0.3 is 0 Å². The maximum atomic E-state index is 13.2. The first-order chi connectivity index (χ1) is 12.9. The standard InChI is InChI=1S/C22H22ClNO2S/c1-15-6-8-18(9-7-15)24(14-20-5-4-12-27-20)22(25)17(3)26-19-10-11-21(23)16(2)13-19/h4-13,17H,14H2,1-3H3/t17-/m1/s1. The predicted octanol–water partition coefficient (Wildman–Crippen LogP) is 6.02. The molecule has 0 aliphatic heterocycles. The normalized spacial score (nSPS) is 11.9. The highest BCUT2D eigenvalue weighted by Gasteiger charge is 2.24. The zero-order valence-corrected chi connectivity index (χ0v) is 17.2. The van der Waals surface area contributed by atoms with Crippen molar-refractivity contribution < 1.29 is 9.53 Å². The van der Waals surface area contributed by atoms with E-state index >= 15 is 0 Å². The van der Waals surface area contributed by atoms with E-state index in [9.17, 15) is 4.79 Å². The number of hydrogen-bond donors (Lipinski definition) is 0. The maximum absolute atomic E-state index is 13.2. The van der Waals surface area contributed by atoms with E-state index in [1.165, 1.54) is 0 Å². The van der Waals surface area contributed by atoms with Crippen LogP contribution in [0.4, 0.5) is 5.69 Å². The summed E-state index contributed by atoms with van der Waals surface area (Å²) >= 11 is 7.71. The molecule has 0 aliphatic carbocycles. The minimum Gasteiger partial charge on any atom is -0.481 e. The highest BCUT2D eigenvalue weighted by atomic mass is 35.5. The molecule has 0 bridgehead atoms. The van der Waals surface area contributed by atoms with E-state index in [1.54, 1.807) is 35.3 Å². The van der Waals surface area contributed by atoms with Crippen molar-refractivity contribution in [3.05, 3.63) is 81.0 Å². The Bertz CT molecular complexity index is 907. The smallest absolute Gasteiger partial charge is 0.268 e. The zero-order chi connectivity index (χ0) is 19.4. The van der Waals surface area contributed by atoms with Gasteiger partial charge in [-0.05, 0) is 68.1 Å². The number of carbonyl (C=O) groups is 1. The molecule has 3 nitrogen and oxygen atoms in total. The lowest BCUT2D eigenvalue weighted by molar-refractivity contribution is -0.124. The van der Waals surface area contributed by atoms with E-state index in [-0.39, 0.29) is 5.91 Å². The summed E-state index contributed by atoms with van der Waals surface area (Å²) in [6.07, 6.45) is -0.619. The SMILES string of the molecule is Cc1ccc(N(Cc2cccs2)C(=O)[C@@H](C)Oc2ccc(Cl)c(C)c2)cc1. The molecule has 1 aromatic heterocycles. The van der Waals surface area contributed by atoms with Crippen molar-refractivity contribution in [1.82, 2.24) is 0 Å². The first-order valence-electron chi connectivity index (χ1n) is 8.77. The maximum Gasteiger partial charge on any atom is 0.268 e. The molecule has 0 spiro atoms. The molecule has 0 aliphatic rings. The summed E-state index contributed by atoms with van der Waals surface area (Å²) in [5, 5.41) is 2.70. The fourth-order valence-corrected chi connectivity index (χ4v) is 3.55. The van der Waals surface area contributed by atoms with Gasteiger partial charge in [-0.3, -0.25) is 4.79 Å². The molecule has 2 aromatic carbocycles. The zero-order valence-electron chi connectivity index (χ0n) is 15.6. The molecule has 1 amide bonds. The molecule has 0 radical (unpaired) electrons. The molecular weight excluding hydrogens is 378 g/mol. The lowest BCUT2D eigenvalue weighted by atomic mass is 10.2. The molecule has 0 saturated heterocycles. The van der Waals surface area contributed by atoms with Gasteiger partial charge in [0.15, 0.2) is 6.10 Å². The van der Waals surface area contributed by atoms with Crippen LogP contribution in [0, 0.1) is 13.8 Å². The second kappa shape index (κ2) is 8.59. The molecule has 0 N–H and O–H groups in total. The number of ether oxygens (including phenoxy) is 1. The van der Waals surface area contributed by atoms with Crippen LogP contribution < -0.4 is 9.64 Å². The number of thiophene rings is 1. The molecule has 0 fully saturated rings. The van der Waals surface area contributed by atoms with Crippen LogP contribution in [-0.2, 0) is 11.3 Å². The topological polar surface area (TPSA) is 29.5 Å². The Morgan fingerprint density at radius 2 is 1.89 bits per heavy atom. The van der Waals surface area contributed by atoms with E-state index in [2.05, 4.69) is 0 Å². The van der Waals surface area contributed by atoms with Crippen LogP contribution in [0.25, 0.3) is 0 Å². The van der Waals surface area contributed by atoms with Crippen LogP contribution in [0.2, 0.25) is 5.02 Å². The van der Waals surface area contributed by atoms with E-state index < -0.39 is 6.10 Å². The number of amides is 1. The summed E-state index contributed by atoms with van der Waals surface area (Å²) in [6.45, 7) is 6.25. The lowest BCUT2D eigenvalue weighted by Crippen LogP contribution is -2.40. The molecule has 1 atom stereocenters. The Hall–Kier alpha value is -2.30. The number of halogens is 1. The van der Waals surface area contributed by atoms with Gasteiger partial charge in [-0.1, -0.05) is 35.4 Å². The summed E-state index contributed by atoms with van der Waals surface area (Å²) in [5.74, 6) is 0.553. The molecule has 3 rings (SSSR count). The van der Waals surface area contributed by atoms with Crippen LogP contribution in [0.3, 0.4) is 0 Å². The number of nitrogens with zero attached hydrogens (tertiary/aromatic N) is 1. The van der Waals surface area contributed by atoms with Gasteiger partial charge < -0.3 is 9.64 Å². The minimum absolute atomic E-state index is 0.0835. The summed E-state index contributed by atoms with van der Waals surface area (Å²) < 4.78 is 5.91. The summed E-state index contributed by atoms with van der Waals surface area (Å²) in [7, 11) is 0. The lowest BCUT2D eigenvalue weighted by Gasteiger charge is -2.26. The van der Waals surface area contributed by atoms with Gasteiger partial charge in [0.1, 0.15) is 5.75 Å². The number of carbonyl (C=O) groups excluding carboxylic acids is 1. The number of rotatable bonds is 6. The second-order valence-corrected chi connectivity index (χ2v) is 7.95. The Morgan fingerprint density at radius 1 is 1.15 bits per heavy atom. The van der Waals surface area contributed by atoms with E-state index in [0.29, 0.717) is 17.3 Å². The number of hydrogen-bond acceptors (Lipinski definition) is 3. The first-order valence-corrected chi connectivity index (χ1v) is 10.0. The summed E-state index contributed by atoms with van der Waals surface area (Å²) in [6, 6.07) is 17.4. The van der Waals surface area contributed by atoms with Gasteiger partial charge in [-0.2, -0.15) is 0 Å². The third-order valence-corrected chi connectivity index (χ3v) is 5.58. The van der Waals surface area contributed by atoms with Crippen LogP contribution in [0.5, 0.6) is 5.75 Å². The van der Waals surface area contributed by atoms with Gasteiger partial charge in [0.05, 0.1) is 6.54 Å². The van der Waals surface area contributed by atoms with Crippen molar-refractivity contribution in [1.29, 1.82) is 0 Å². The Morgan fingerprint density at radius 3 is 2.52 bits per heavy atom. The largest absolute Gasteiger partial charge is 0.481 e. The van der Waals surface area contributed by atoms with Crippen molar-refractivity contribution in [2.75, 3.05) is 4.90 Å². The fraction of sp³-hybridized carbons (Fsp3) is 0.227. The third kappa shape index (κ3) is 4.90. The molecule has 5 heteroatoms. The monoisotopic (exact) mass is 399 g/mol. The molecular formula is C22H22ClNO2S. The molecule has 0 unspecified atom stereocenters. The van der Waals surface area contributed by atoms with Crippen LogP contribution in [0.15, 0.2) is 60.0 Å².